The molecule has 0 bridgehead atoms. The first-order valence-electron chi connectivity index (χ1n) is 14.8. The van der Waals surface area contributed by atoms with E-state index in [0.29, 0.717) is 0 Å². The molecule has 2 aromatic rings. The topological polar surface area (TPSA) is 0 Å². The van der Waals surface area contributed by atoms with Crippen LogP contribution in [0.3, 0.4) is 0 Å². The van der Waals surface area contributed by atoms with Crippen LogP contribution in [0.5, 0.6) is 0 Å². The van der Waals surface area contributed by atoms with Crippen LogP contribution < -0.4 is 0 Å². The molecule has 35 heavy (non-hydrogen) atoms. The highest BCUT2D eigenvalue weighted by Crippen LogP contribution is 2.34. The molecule has 188 valence electrons. The smallest absolute Gasteiger partial charge is 0.0184 e. The second-order valence-corrected chi connectivity index (χ2v) is 11.4. The molecule has 0 heteroatoms. The first-order chi connectivity index (χ1) is 17.2. The first-order valence-corrected chi connectivity index (χ1v) is 14.8. The van der Waals surface area contributed by atoms with Gasteiger partial charge in [0, 0.05) is 0 Å². The van der Waals surface area contributed by atoms with E-state index in [1.165, 1.54) is 124 Å². The van der Waals surface area contributed by atoms with Crippen LogP contribution in [0.1, 0.15) is 121 Å². The lowest BCUT2D eigenvalue weighted by molar-refractivity contribution is 0.422. The zero-order valence-electron chi connectivity index (χ0n) is 22.5. The molecule has 0 radical (unpaired) electrons. The van der Waals surface area contributed by atoms with Gasteiger partial charge in [0.05, 0.1) is 0 Å². The molecular weight excluding hydrogens is 420 g/mol. The lowest BCUT2D eigenvalue weighted by atomic mass is 9.83. The van der Waals surface area contributed by atoms with Crippen LogP contribution in [0.2, 0.25) is 0 Å². The molecule has 0 N–H and O–H groups in total. The lowest BCUT2D eigenvalue weighted by Crippen LogP contribution is -2.05. The Bertz CT molecular complexity index is 941. The van der Waals surface area contributed by atoms with E-state index in [1.54, 1.807) is 5.57 Å². The second kappa shape index (κ2) is 13.9. The van der Waals surface area contributed by atoms with E-state index < -0.39 is 0 Å². The van der Waals surface area contributed by atoms with Crippen molar-refractivity contribution in [1.82, 2.24) is 0 Å². The van der Waals surface area contributed by atoms with Gasteiger partial charge in [-0.15, -0.1) is 0 Å². The van der Waals surface area contributed by atoms with Crippen molar-refractivity contribution < 1.29 is 0 Å². The molecule has 0 nitrogen and oxygen atoms in total. The van der Waals surface area contributed by atoms with Crippen molar-refractivity contribution in [3.8, 4) is 11.1 Å². The normalized spacial score (nSPS) is 20.4. The molecular formula is C35H48. The van der Waals surface area contributed by atoms with Gasteiger partial charge < -0.3 is 0 Å². The highest BCUT2D eigenvalue weighted by Gasteiger charge is 2.15. The van der Waals surface area contributed by atoms with Crippen molar-refractivity contribution >= 4 is 11.1 Å². The minimum atomic E-state index is 0.844. The minimum Gasteiger partial charge on any atom is -0.0805 e. The third-order valence-electron chi connectivity index (χ3n) is 8.50. The van der Waals surface area contributed by atoms with E-state index in [1.807, 2.05) is 0 Å². The van der Waals surface area contributed by atoms with Crippen LogP contribution in [0.25, 0.3) is 22.3 Å². The maximum atomic E-state index is 2.54. The van der Waals surface area contributed by atoms with Gasteiger partial charge in [0.25, 0.3) is 0 Å². The number of unbranched alkanes of at least 4 members (excludes halogenated alkanes) is 7. The van der Waals surface area contributed by atoms with Gasteiger partial charge in [-0.25, -0.2) is 0 Å². The molecule has 0 saturated heterocycles. The fourth-order valence-electron chi connectivity index (χ4n) is 5.96. The van der Waals surface area contributed by atoms with Gasteiger partial charge in [0.2, 0.25) is 0 Å². The van der Waals surface area contributed by atoms with Gasteiger partial charge in [-0.3, -0.25) is 0 Å². The van der Waals surface area contributed by atoms with Gasteiger partial charge in [-0.05, 0) is 83.8 Å². The summed E-state index contributed by atoms with van der Waals surface area (Å²) in [5.74, 6) is 1.76. The number of rotatable bonds is 12. The lowest BCUT2D eigenvalue weighted by Gasteiger charge is -2.22. The van der Waals surface area contributed by atoms with Crippen molar-refractivity contribution in [3.05, 3.63) is 71.8 Å². The van der Waals surface area contributed by atoms with Crippen LogP contribution in [-0.2, 0) is 0 Å². The third kappa shape index (κ3) is 7.96. The predicted octanol–water partition coefficient (Wildman–Crippen LogP) is 11.3. The van der Waals surface area contributed by atoms with Crippen LogP contribution >= 0.6 is 0 Å². The summed E-state index contributed by atoms with van der Waals surface area (Å²) in [7, 11) is 0. The summed E-state index contributed by atoms with van der Waals surface area (Å²) in [5.41, 5.74) is 8.60. The summed E-state index contributed by atoms with van der Waals surface area (Å²) in [6, 6.07) is 18.6. The molecule has 0 spiro atoms. The van der Waals surface area contributed by atoms with Crippen molar-refractivity contribution in [2.75, 3.05) is 0 Å². The molecule has 2 aliphatic carbocycles. The standard InChI is InChI=1S/C35H48/c1-3-4-5-6-7-8-9-10-11-29-14-18-31(19-15-29)33-22-26-35(27-23-33)34-24-20-32(21-25-34)30-16-12-28(2)13-17-30/h16,18,20-29H,3-15,17,19H2,1-2H3. The highest BCUT2D eigenvalue weighted by atomic mass is 14.2. The predicted molar refractivity (Wildman–Crippen MR) is 155 cm³/mol. The minimum absolute atomic E-state index is 0.844. The number of hydrogen-bond acceptors (Lipinski definition) is 0. The fraction of sp³-hybridized carbons (Fsp3) is 0.543. The Hall–Kier alpha value is -2.08. The van der Waals surface area contributed by atoms with Gasteiger partial charge in [0.15, 0.2) is 0 Å². The Morgan fingerprint density at radius 3 is 1.54 bits per heavy atom. The SMILES string of the molecule is CCCCCCCCCCC1CC=C(c2ccc(-c3ccc(C4=CCC(C)CC4)cc3)cc2)CC1. The zero-order chi connectivity index (χ0) is 24.3. The number of hydrogen-bond donors (Lipinski definition) is 0. The zero-order valence-corrected chi connectivity index (χ0v) is 22.5. The summed E-state index contributed by atoms with van der Waals surface area (Å²) in [5, 5.41) is 0. The number of benzene rings is 2. The van der Waals surface area contributed by atoms with E-state index in [4.69, 9.17) is 0 Å². The van der Waals surface area contributed by atoms with E-state index >= 15 is 0 Å². The van der Waals surface area contributed by atoms with Crippen molar-refractivity contribution in [2.45, 2.75) is 110 Å². The van der Waals surface area contributed by atoms with Gasteiger partial charge in [-0.1, -0.05) is 132 Å². The molecule has 2 aliphatic rings. The van der Waals surface area contributed by atoms with Crippen LogP contribution in [-0.4, -0.2) is 0 Å². The summed E-state index contributed by atoms with van der Waals surface area (Å²) in [4.78, 5) is 0. The van der Waals surface area contributed by atoms with Gasteiger partial charge in [-0.2, -0.15) is 0 Å². The summed E-state index contributed by atoms with van der Waals surface area (Å²) in [6.07, 6.45) is 25.6. The largest absolute Gasteiger partial charge is 0.0805 e. The maximum Gasteiger partial charge on any atom is -0.0184 e. The Balaban J connectivity index is 1.22. The fourth-order valence-corrected chi connectivity index (χ4v) is 5.96. The molecule has 0 saturated carbocycles. The third-order valence-corrected chi connectivity index (χ3v) is 8.50. The van der Waals surface area contributed by atoms with Crippen LogP contribution in [0, 0.1) is 11.8 Å². The van der Waals surface area contributed by atoms with Gasteiger partial charge >= 0.3 is 0 Å². The maximum absolute atomic E-state index is 2.54. The van der Waals surface area contributed by atoms with Crippen molar-refractivity contribution in [3.63, 3.8) is 0 Å². The monoisotopic (exact) mass is 468 g/mol. The van der Waals surface area contributed by atoms with E-state index in [-0.39, 0.29) is 0 Å². The Morgan fingerprint density at radius 1 is 0.571 bits per heavy atom. The van der Waals surface area contributed by atoms with E-state index in [0.717, 1.165) is 11.8 Å². The average molecular weight is 469 g/mol. The highest BCUT2D eigenvalue weighted by molar-refractivity contribution is 5.73. The van der Waals surface area contributed by atoms with Crippen molar-refractivity contribution in [1.29, 1.82) is 0 Å². The summed E-state index contributed by atoms with van der Waals surface area (Å²) >= 11 is 0. The van der Waals surface area contributed by atoms with E-state index in [9.17, 15) is 0 Å². The molecule has 0 aromatic heterocycles. The Morgan fingerprint density at radius 2 is 1.06 bits per heavy atom. The molecule has 0 amide bonds. The molecule has 0 fully saturated rings. The quantitative estimate of drug-likeness (QED) is 0.272. The Labute approximate surface area is 215 Å². The second-order valence-electron chi connectivity index (χ2n) is 11.4. The molecule has 2 aromatic carbocycles. The van der Waals surface area contributed by atoms with Crippen molar-refractivity contribution in [2.24, 2.45) is 11.8 Å². The number of allylic oxidation sites excluding steroid dienone is 4. The van der Waals surface area contributed by atoms with Crippen LogP contribution in [0.4, 0.5) is 0 Å². The molecule has 0 aliphatic heterocycles. The summed E-state index contributed by atoms with van der Waals surface area (Å²) < 4.78 is 0. The molecule has 2 unspecified atom stereocenters. The summed E-state index contributed by atoms with van der Waals surface area (Å²) in [6.45, 7) is 4.66. The molecule has 0 heterocycles. The van der Waals surface area contributed by atoms with Crippen LogP contribution in [0.15, 0.2) is 60.7 Å². The van der Waals surface area contributed by atoms with Gasteiger partial charge in [0.1, 0.15) is 0 Å². The first kappa shape index (κ1) is 26.0. The molecule has 2 atom stereocenters. The van der Waals surface area contributed by atoms with E-state index in [2.05, 4.69) is 74.5 Å². The average Bonchev–Trinajstić information content (AvgIpc) is 2.91. The molecule has 4 rings (SSSR count). The Kier molecular flexibility index (Phi) is 10.3.